The third-order valence-corrected chi connectivity index (χ3v) is 3.71. The van der Waals surface area contributed by atoms with Crippen molar-refractivity contribution in [3.63, 3.8) is 0 Å². The van der Waals surface area contributed by atoms with Gasteiger partial charge in [0.25, 0.3) is 0 Å². The number of benzene rings is 1. The fraction of sp³-hybridized carbons (Fsp3) is 0.308. The average molecular weight is 265 g/mol. The number of hydrogen-bond donors (Lipinski definition) is 0. The molecule has 1 aromatic carbocycles. The van der Waals surface area contributed by atoms with Crippen molar-refractivity contribution in [2.45, 2.75) is 12.8 Å². The van der Waals surface area contributed by atoms with Crippen LogP contribution in [0, 0.1) is 5.41 Å². The summed E-state index contributed by atoms with van der Waals surface area (Å²) >= 11 is 3.25. The van der Waals surface area contributed by atoms with Gasteiger partial charge in [-0.05, 0) is 24.0 Å². The summed E-state index contributed by atoms with van der Waals surface area (Å²) in [5, 5.41) is 0.410. The van der Waals surface area contributed by atoms with E-state index < -0.39 is 0 Å². The lowest BCUT2D eigenvalue weighted by Gasteiger charge is -2.21. The lowest BCUT2D eigenvalue weighted by Crippen LogP contribution is -2.30. The van der Waals surface area contributed by atoms with Crippen molar-refractivity contribution in [2.24, 2.45) is 5.41 Å². The van der Waals surface area contributed by atoms with Crippen LogP contribution in [0.2, 0.25) is 0 Å². The van der Waals surface area contributed by atoms with E-state index in [-0.39, 0.29) is 11.2 Å². The molecule has 1 aromatic rings. The van der Waals surface area contributed by atoms with E-state index >= 15 is 0 Å². The van der Waals surface area contributed by atoms with Crippen LogP contribution < -0.4 is 0 Å². The molecule has 0 saturated heterocycles. The average Bonchev–Trinajstić information content (AvgIpc) is 2.67. The summed E-state index contributed by atoms with van der Waals surface area (Å²) in [6, 6.07) is 8.25. The maximum atomic E-state index is 11.9. The van der Waals surface area contributed by atoms with Gasteiger partial charge in [-0.1, -0.05) is 46.3 Å². The SMILES string of the molecule is C=CC1(C(=O)CBr)Cc2ccccc2C1. The smallest absolute Gasteiger partial charge is 0.153 e. The van der Waals surface area contributed by atoms with Gasteiger partial charge in [-0.3, -0.25) is 4.79 Å². The van der Waals surface area contributed by atoms with Gasteiger partial charge in [0, 0.05) is 0 Å². The molecular formula is C13H13BrO. The monoisotopic (exact) mass is 264 g/mol. The van der Waals surface area contributed by atoms with Gasteiger partial charge in [0.15, 0.2) is 5.78 Å². The number of ketones is 1. The largest absolute Gasteiger partial charge is 0.298 e. The van der Waals surface area contributed by atoms with E-state index in [1.165, 1.54) is 11.1 Å². The molecular weight excluding hydrogens is 252 g/mol. The van der Waals surface area contributed by atoms with Gasteiger partial charge in [0.1, 0.15) is 0 Å². The fourth-order valence-electron chi connectivity index (χ4n) is 2.23. The van der Waals surface area contributed by atoms with Crippen LogP contribution in [0.1, 0.15) is 11.1 Å². The molecule has 1 aliphatic carbocycles. The van der Waals surface area contributed by atoms with Crippen LogP contribution in [0.25, 0.3) is 0 Å². The summed E-state index contributed by atoms with van der Waals surface area (Å²) in [6.07, 6.45) is 3.42. The van der Waals surface area contributed by atoms with E-state index in [2.05, 4.69) is 34.6 Å². The molecule has 0 amide bonds. The molecule has 0 bridgehead atoms. The Kier molecular flexibility index (Phi) is 2.79. The lowest BCUT2D eigenvalue weighted by atomic mass is 9.81. The number of hydrogen-bond acceptors (Lipinski definition) is 1. The Bertz CT molecular complexity index is 384. The van der Waals surface area contributed by atoms with Crippen LogP contribution >= 0.6 is 15.9 Å². The lowest BCUT2D eigenvalue weighted by molar-refractivity contribution is -0.123. The van der Waals surface area contributed by atoms with E-state index in [9.17, 15) is 4.79 Å². The Labute approximate surface area is 98.3 Å². The molecule has 15 heavy (non-hydrogen) atoms. The molecule has 2 heteroatoms. The minimum Gasteiger partial charge on any atom is -0.298 e. The molecule has 0 fully saturated rings. The van der Waals surface area contributed by atoms with E-state index in [1.54, 1.807) is 0 Å². The number of rotatable bonds is 3. The van der Waals surface area contributed by atoms with Crippen molar-refractivity contribution >= 4 is 21.7 Å². The van der Waals surface area contributed by atoms with Crippen LogP contribution in [-0.4, -0.2) is 11.1 Å². The molecule has 1 aliphatic rings. The highest BCUT2D eigenvalue weighted by Gasteiger charge is 2.39. The van der Waals surface area contributed by atoms with E-state index in [0.29, 0.717) is 5.33 Å². The van der Waals surface area contributed by atoms with Crippen molar-refractivity contribution in [1.29, 1.82) is 0 Å². The molecule has 0 aliphatic heterocycles. The van der Waals surface area contributed by atoms with Crippen LogP contribution in [-0.2, 0) is 17.6 Å². The second kappa shape index (κ2) is 3.93. The summed E-state index contributed by atoms with van der Waals surface area (Å²) in [6.45, 7) is 3.83. The fourth-order valence-corrected chi connectivity index (χ4v) is 2.79. The highest BCUT2D eigenvalue weighted by atomic mass is 79.9. The Balaban J connectivity index is 2.37. The third kappa shape index (κ3) is 1.67. The summed E-state index contributed by atoms with van der Waals surface area (Å²) in [7, 11) is 0. The number of carbonyl (C=O) groups excluding carboxylic acids is 1. The van der Waals surface area contributed by atoms with Gasteiger partial charge >= 0.3 is 0 Å². The Hall–Kier alpha value is -0.890. The van der Waals surface area contributed by atoms with E-state index in [0.717, 1.165) is 12.8 Å². The highest BCUT2D eigenvalue weighted by Crippen LogP contribution is 2.38. The molecule has 0 unspecified atom stereocenters. The number of halogens is 1. The molecule has 0 saturated carbocycles. The first kappa shape index (κ1) is 10.6. The summed E-state index contributed by atoms with van der Waals surface area (Å²) in [5.74, 6) is 0.230. The minimum atomic E-state index is -0.368. The zero-order valence-electron chi connectivity index (χ0n) is 8.50. The van der Waals surface area contributed by atoms with Gasteiger partial charge in [0.05, 0.1) is 10.7 Å². The molecule has 2 rings (SSSR count). The summed E-state index contributed by atoms with van der Waals surface area (Å²) in [5.41, 5.74) is 2.20. The van der Waals surface area contributed by atoms with E-state index in [1.807, 2.05) is 18.2 Å². The highest BCUT2D eigenvalue weighted by molar-refractivity contribution is 9.09. The van der Waals surface area contributed by atoms with Crippen molar-refractivity contribution in [3.8, 4) is 0 Å². The molecule has 0 spiro atoms. The quantitative estimate of drug-likeness (QED) is 0.606. The first-order valence-electron chi connectivity index (χ1n) is 5.01. The van der Waals surface area contributed by atoms with Gasteiger partial charge in [-0.25, -0.2) is 0 Å². The van der Waals surface area contributed by atoms with Crippen LogP contribution in [0.5, 0.6) is 0 Å². The molecule has 0 N–H and O–H groups in total. The Morgan fingerprint density at radius 2 is 1.93 bits per heavy atom. The van der Waals surface area contributed by atoms with Gasteiger partial charge in [0.2, 0.25) is 0 Å². The predicted molar refractivity (Wildman–Crippen MR) is 65.3 cm³/mol. The second-order valence-corrected chi connectivity index (χ2v) is 4.60. The van der Waals surface area contributed by atoms with Gasteiger partial charge in [-0.2, -0.15) is 0 Å². The summed E-state index contributed by atoms with van der Waals surface area (Å²) < 4.78 is 0. The number of carbonyl (C=O) groups is 1. The first-order valence-corrected chi connectivity index (χ1v) is 6.13. The molecule has 1 nitrogen and oxygen atoms in total. The topological polar surface area (TPSA) is 17.1 Å². The van der Waals surface area contributed by atoms with Crippen LogP contribution in [0.4, 0.5) is 0 Å². The zero-order valence-corrected chi connectivity index (χ0v) is 10.1. The Morgan fingerprint density at radius 3 is 2.33 bits per heavy atom. The Morgan fingerprint density at radius 1 is 1.40 bits per heavy atom. The molecule has 78 valence electrons. The number of allylic oxidation sites excluding steroid dienone is 1. The second-order valence-electron chi connectivity index (χ2n) is 4.04. The maximum absolute atomic E-state index is 11.9. The van der Waals surface area contributed by atoms with Gasteiger partial charge < -0.3 is 0 Å². The van der Waals surface area contributed by atoms with Crippen LogP contribution in [0.3, 0.4) is 0 Å². The van der Waals surface area contributed by atoms with Crippen molar-refractivity contribution < 1.29 is 4.79 Å². The van der Waals surface area contributed by atoms with Crippen molar-refractivity contribution in [3.05, 3.63) is 48.0 Å². The third-order valence-electron chi connectivity index (χ3n) is 3.20. The molecule has 0 atom stereocenters. The number of Topliss-reactive ketones (excluding diaryl/α,β-unsaturated/α-hetero) is 1. The zero-order chi connectivity index (χ0) is 10.9. The maximum Gasteiger partial charge on any atom is 0.153 e. The normalized spacial score (nSPS) is 17.1. The predicted octanol–water partition coefficient (Wildman–Crippen LogP) is 2.92. The minimum absolute atomic E-state index is 0.230. The molecule has 0 heterocycles. The van der Waals surface area contributed by atoms with Crippen LogP contribution in [0.15, 0.2) is 36.9 Å². The number of alkyl halides is 1. The summed E-state index contributed by atoms with van der Waals surface area (Å²) in [4.78, 5) is 11.9. The molecule has 0 radical (unpaired) electrons. The number of fused-ring (bicyclic) bond motifs is 1. The van der Waals surface area contributed by atoms with Crippen molar-refractivity contribution in [1.82, 2.24) is 0 Å². The standard InChI is InChI=1S/C13H13BrO/c1-2-13(12(15)9-14)7-10-5-3-4-6-11(10)8-13/h2-6H,1,7-9H2. The first-order chi connectivity index (χ1) is 7.22. The van der Waals surface area contributed by atoms with E-state index in [4.69, 9.17) is 0 Å². The van der Waals surface area contributed by atoms with Gasteiger partial charge in [-0.15, -0.1) is 6.58 Å². The molecule has 0 aromatic heterocycles. The van der Waals surface area contributed by atoms with Crippen molar-refractivity contribution in [2.75, 3.05) is 5.33 Å².